The maximum Gasteiger partial charge on any atom is 0.337 e. The van der Waals surface area contributed by atoms with Crippen molar-refractivity contribution in [3.05, 3.63) is 102 Å². The molecule has 0 saturated carbocycles. The van der Waals surface area contributed by atoms with Gasteiger partial charge >= 0.3 is 11.9 Å². The number of fused-ring (bicyclic) bond motifs is 3. The third kappa shape index (κ3) is 5.63. The number of piperidine rings is 3. The molecule has 0 aromatic heterocycles. The van der Waals surface area contributed by atoms with Crippen molar-refractivity contribution in [2.75, 3.05) is 38.6 Å². The third-order valence-electron chi connectivity index (χ3n) is 7.87. The summed E-state index contributed by atoms with van der Waals surface area (Å²) in [6.45, 7) is 2.93. The van der Waals surface area contributed by atoms with Gasteiger partial charge in [0.15, 0.2) is 12.1 Å². The van der Waals surface area contributed by atoms with E-state index < -0.39 is 12.0 Å². The molecule has 3 aromatic rings. The first kappa shape index (κ1) is 25.7. The number of ketones is 1. The van der Waals surface area contributed by atoms with Crippen LogP contribution in [-0.2, 0) is 14.3 Å². The van der Waals surface area contributed by atoms with Gasteiger partial charge in [-0.1, -0.05) is 60.7 Å². The summed E-state index contributed by atoms with van der Waals surface area (Å²) in [5.74, 6) is -0.376. The highest BCUT2D eigenvalue weighted by Crippen LogP contribution is 2.37. The zero-order valence-electron chi connectivity index (χ0n) is 21.5. The van der Waals surface area contributed by atoms with Crippen molar-refractivity contribution in [2.24, 2.45) is 5.92 Å². The fraction of sp³-hybridized carbons (Fsp3) is 0.323. The van der Waals surface area contributed by atoms with Crippen LogP contribution in [-0.4, -0.2) is 61.6 Å². The van der Waals surface area contributed by atoms with Gasteiger partial charge in [-0.15, -0.1) is 0 Å². The topological polar surface area (TPSA) is 81.7 Å². The number of hydrogen-bond acceptors (Lipinski definition) is 6. The third-order valence-corrected chi connectivity index (χ3v) is 7.87. The van der Waals surface area contributed by atoms with Crippen molar-refractivity contribution in [3.63, 3.8) is 0 Å². The van der Waals surface area contributed by atoms with Gasteiger partial charge in [-0.05, 0) is 29.8 Å². The molecule has 1 N–H and O–H groups in total. The molecule has 3 aliphatic rings. The van der Waals surface area contributed by atoms with E-state index in [9.17, 15) is 14.4 Å². The zero-order chi connectivity index (χ0) is 26.5. The highest BCUT2D eigenvalue weighted by atomic mass is 16.5. The maximum atomic E-state index is 13.7. The van der Waals surface area contributed by atoms with Crippen molar-refractivity contribution >= 4 is 23.4 Å². The van der Waals surface area contributed by atoms with E-state index in [4.69, 9.17) is 9.47 Å². The molecule has 7 nitrogen and oxygen atoms in total. The van der Waals surface area contributed by atoms with Crippen molar-refractivity contribution < 1.29 is 28.3 Å². The lowest BCUT2D eigenvalue weighted by Crippen LogP contribution is -2.65. The van der Waals surface area contributed by atoms with Crippen molar-refractivity contribution in [1.29, 1.82) is 0 Å². The highest BCUT2D eigenvalue weighted by Gasteiger charge is 2.49. The summed E-state index contributed by atoms with van der Waals surface area (Å²) in [6, 6.07) is 25.0. The Labute approximate surface area is 223 Å². The van der Waals surface area contributed by atoms with Gasteiger partial charge in [0.2, 0.25) is 5.78 Å². The van der Waals surface area contributed by atoms with E-state index in [2.05, 4.69) is 5.32 Å². The van der Waals surface area contributed by atoms with Crippen LogP contribution in [0.4, 0.5) is 5.69 Å². The highest BCUT2D eigenvalue weighted by molar-refractivity contribution is 5.97. The van der Waals surface area contributed by atoms with Gasteiger partial charge in [0.1, 0.15) is 13.1 Å². The lowest BCUT2D eigenvalue weighted by atomic mass is 9.82. The minimum Gasteiger partial charge on any atom is -0.465 e. The molecule has 2 atom stereocenters. The van der Waals surface area contributed by atoms with Crippen molar-refractivity contribution in [2.45, 2.75) is 25.0 Å². The number of rotatable bonds is 9. The first-order valence-electron chi connectivity index (χ1n) is 13.1. The molecule has 38 heavy (non-hydrogen) atoms. The number of anilines is 1. The fourth-order valence-electron chi connectivity index (χ4n) is 5.72. The van der Waals surface area contributed by atoms with E-state index in [1.807, 2.05) is 60.7 Å². The lowest BCUT2D eigenvalue weighted by Gasteiger charge is -2.51. The number of hydrogen-bond donors (Lipinski definition) is 1. The molecule has 3 aromatic carbocycles. The zero-order valence-corrected chi connectivity index (χ0v) is 21.5. The summed E-state index contributed by atoms with van der Waals surface area (Å²) in [6.07, 6.45) is 1.62. The Bertz CT molecular complexity index is 1270. The average molecular weight is 514 g/mol. The van der Waals surface area contributed by atoms with Crippen LogP contribution in [0.3, 0.4) is 0 Å². The van der Waals surface area contributed by atoms with Crippen molar-refractivity contribution in [3.8, 4) is 0 Å². The molecular weight excluding hydrogens is 480 g/mol. The normalized spacial score (nSPS) is 22.8. The van der Waals surface area contributed by atoms with Gasteiger partial charge in [-0.25, -0.2) is 9.59 Å². The number of nitrogens with one attached hydrogen (secondary N) is 1. The van der Waals surface area contributed by atoms with Gasteiger partial charge in [-0.3, -0.25) is 4.79 Å². The fourth-order valence-corrected chi connectivity index (χ4v) is 5.72. The van der Waals surface area contributed by atoms with Gasteiger partial charge in [-0.2, -0.15) is 0 Å². The Kier molecular flexibility index (Phi) is 7.56. The first-order chi connectivity index (χ1) is 18.5. The minimum atomic E-state index is -0.751. The molecule has 3 fully saturated rings. The lowest BCUT2D eigenvalue weighted by molar-refractivity contribution is -0.938. The number of quaternary nitrogens is 1. The Morgan fingerprint density at radius 1 is 0.868 bits per heavy atom. The predicted molar refractivity (Wildman–Crippen MR) is 144 cm³/mol. The number of carbonyl (C=O) groups is 3. The Balaban J connectivity index is 1.33. The molecule has 0 radical (unpaired) electrons. The number of methoxy groups -OCH3 is 1. The molecule has 196 valence electrons. The van der Waals surface area contributed by atoms with Crippen LogP contribution in [0.5, 0.6) is 0 Å². The van der Waals surface area contributed by atoms with Crippen LogP contribution in [0, 0.1) is 5.92 Å². The summed E-state index contributed by atoms with van der Waals surface area (Å²) in [4.78, 5) is 38.6. The number of esters is 2. The number of para-hydroxylation sites is 1. The average Bonchev–Trinajstić information content (AvgIpc) is 2.97. The summed E-state index contributed by atoms with van der Waals surface area (Å²) in [5, 5.41) is 3.30. The Morgan fingerprint density at radius 3 is 2.13 bits per heavy atom. The van der Waals surface area contributed by atoms with Crippen LogP contribution in [0.15, 0.2) is 84.9 Å². The van der Waals surface area contributed by atoms with E-state index in [-0.39, 0.29) is 17.9 Å². The summed E-state index contributed by atoms with van der Waals surface area (Å²) < 4.78 is 11.7. The molecule has 3 heterocycles. The molecule has 3 saturated heterocycles. The van der Waals surface area contributed by atoms with Crippen LogP contribution >= 0.6 is 0 Å². The number of nitrogens with zero attached hydrogens (tertiary/aromatic N) is 1. The van der Waals surface area contributed by atoms with Crippen LogP contribution in [0.1, 0.15) is 45.2 Å². The molecule has 1 unspecified atom stereocenters. The molecule has 0 amide bonds. The molecule has 3 aliphatic heterocycles. The number of ether oxygens (including phenoxy) is 2. The van der Waals surface area contributed by atoms with Crippen molar-refractivity contribution in [1.82, 2.24) is 0 Å². The Hall–Kier alpha value is -3.97. The number of carbonyl (C=O) groups excluding carboxylic acids is 3. The standard InChI is InChI=1S/C31H33N2O5/c1-37-30(35)25-14-12-24(13-15-25)29(32-26-10-6-3-7-11-26)31(36)38-28-21-33(18-16-23(28)17-19-33)20-27(34)22-8-4-2-5-9-22/h2-15,23,28-29,32H,16-21H2,1H3/q+1/t23?,28-,29?,33?/m0/s1. The summed E-state index contributed by atoms with van der Waals surface area (Å²) in [7, 11) is 1.34. The van der Waals surface area contributed by atoms with E-state index in [0.717, 1.165) is 37.2 Å². The first-order valence-corrected chi connectivity index (χ1v) is 13.1. The summed E-state index contributed by atoms with van der Waals surface area (Å²) >= 11 is 0. The second kappa shape index (κ2) is 11.2. The van der Waals surface area contributed by atoms with Gasteiger partial charge in [0.25, 0.3) is 0 Å². The van der Waals surface area contributed by atoms with Crippen LogP contribution < -0.4 is 5.32 Å². The number of benzene rings is 3. The van der Waals surface area contributed by atoms with E-state index >= 15 is 0 Å². The van der Waals surface area contributed by atoms with E-state index in [0.29, 0.717) is 34.6 Å². The predicted octanol–water partition coefficient (Wildman–Crippen LogP) is 4.66. The molecule has 0 spiro atoms. The molecule has 6 rings (SSSR count). The van der Waals surface area contributed by atoms with Gasteiger partial charge in [0, 0.05) is 30.0 Å². The second-order valence-electron chi connectivity index (χ2n) is 10.3. The van der Waals surface area contributed by atoms with Gasteiger partial charge < -0.3 is 19.3 Å². The summed E-state index contributed by atoms with van der Waals surface area (Å²) in [5.41, 5.74) is 2.62. The van der Waals surface area contributed by atoms with Crippen LogP contribution in [0.25, 0.3) is 0 Å². The smallest absolute Gasteiger partial charge is 0.337 e. The molecular formula is C31H33N2O5+. The minimum absolute atomic E-state index is 0.130. The van der Waals surface area contributed by atoms with E-state index in [1.54, 1.807) is 24.3 Å². The number of Topliss-reactive ketones (excluding diaryl/α,β-unsaturated/α-hetero) is 1. The van der Waals surface area contributed by atoms with E-state index in [1.165, 1.54) is 7.11 Å². The molecule has 2 bridgehead atoms. The Morgan fingerprint density at radius 2 is 1.50 bits per heavy atom. The monoisotopic (exact) mass is 513 g/mol. The van der Waals surface area contributed by atoms with Gasteiger partial charge in [0.05, 0.1) is 25.8 Å². The second-order valence-corrected chi connectivity index (χ2v) is 10.3. The largest absolute Gasteiger partial charge is 0.465 e. The SMILES string of the molecule is COC(=O)c1ccc(C(Nc2ccccc2)C(=O)O[C@H]2C[N+]3(CC(=O)c4ccccc4)CCC2CC3)cc1. The molecule has 7 heteroatoms. The molecule has 0 aliphatic carbocycles. The maximum absolute atomic E-state index is 13.7. The quantitative estimate of drug-likeness (QED) is 0.255. The van der Waals surface area contributed by atoms with Crippen LogP contribution in [0.2, 0.25) is 0 Å².